The number of carbonyl (C=O) groups is 2. The minimum absolute atomic E-state index is 0.195. The Hall–Kier alpha value is -2.90. The molecule has 8 heteroatoms. The van der Waals surface area contributed by atoms with Gasteiger partial charge in [-0.1, -0.05) is 0 Å². The molecule has 0 saturated heterocycles. The lowest BCUT2D eigenvalue weighted by atomic mass is 10.0. The fourth-order valence-corrected chi connectivity index (χ4v) is 2.61. The number of amides is 1. The standard InChI is InChI=1S/C15H17N5O3/c1-19(2)13-4-3-9(6-16-13)14(21)20-7-11-10(17-8-18-11)5-12(20)15(22)23/h3-4,6,8,12H,5,7H2,1-2H3,(H,17,18)(H,22,23). The number of aromatic amines is 1. The van der Waals surface area contributed by atoms with Gasteiger partial charge in [-0.15, -0.1) is 0 Å². The van der Waals surface area contributed by atoms with E-state index in [-0.39, 0.29) is 18.9 Å². The predicted molar refractivity (Wildman–Crippen MR) is 82.2 cm³/mol. The highest BCUT2D eigenvalue weighted by Gasteiger charge is 2.36. The van der Waals surface area contributed by atoms with Crippen molar-refractivity contribution in [1.29, 1.82) is 0 Å². The third-order valence-electron chi connectivity index (χ3n) is 3.90. The second kappa shape index (κ2) is 5.71. The van der Waals surface area contributed by atoms with Crippen LogP contribution in [-0.2, 0) is 17.8 Å². The first kappa shape index (κ1) is 15.0. The Morgan fingerprint density at radius 2 is 2.13 bits per heavy atom. The summed E-state index contributed by atoms with van der Waals surface area (Å²) in [5.74, 6) is -0.661. The zero-order chi connectivity index (χ0) is 16.6. The maximum Gasteiger partial charge on any atom is 0.326 e. The van der Waals surface area contributed by atoms with Crippen LogP contribution in [0.4, 0.5) is 5.82 Å². The van der Waals surface area contributed by atoms with Gasteiger partial charge in [-0.25, -0.2) is 14.8 Å². The maximum atomic E-state index is 12.7. The van der Waals surface area contributed by atoms with Gasteiger partial charge in [0.25, 0.3) is 5.91 Å². The van der Waals surface area contributed by atoms with Gasteiger partial charge in [0.15, 0.2) is 0 Å². The monoisotopic (exact) mass is 315 g/mol. The lowest BCUT2D eigenvalue weighted by Crippen LogP contribution is -2.48. The first-order valence-corrected chi connectivity index (χ1v) is 7.15. The van der Waals surface area contributed by atoms with E-state index in [0.717, 1.165) is 11.5 Å². The van der Waals surface area contributed by atoms with Gasteiger partial charge in [0.05, 0.1) is 29.8 Å². The Kier molecular flexibility index (Phi) is 3.73. The van der Waals surface area contributed by atoms with Gasteiger partial charge in [0.2, 0.25) is 0 Å². The van der Waals surface area contributed by atoms with Crippen LogP contribution in [0.5, 0.6) is 0 Å². The highest BCUT2D eigenvalue weighted by Crippen LogP contribution is 2.23. The summed E-state index contributed by atoms with van der Waals surface area (Å²) in [4.78, 5) is 38.7. The molecule has 0 bridgehead atoms. The number of hydrogen-bond donors (Lipinski definition) is 2. The Labute approximate surface area is 132 Å². The van der Waals surface area contributed by atoms with Crippen LogP contribution in [0, 0.1) is 0 Å². The number of hydrogen-bond acceptors (Lipinski definition) is 5. The van der Waals surface area contributed by atoms with Crippen LogP contribution in [0.2, 0.25) is 0 Å². The van der Waals surface area contributed by atoms with E-state index >= 15 is 0 Å². The number of anilines is 1. The summed E-state index contributed by atoms with van der Waals surface area (Å²) in [6.07, 6.45) is 3.19. The molecule has 23 heavy (non-hydrogen) atoms. The molecule has 1 unspecified atom stereocenters. The van der Waals surface area contributed by atoms with Gasteiger partial charge in [-0.2, -0.15) is 0 Å². The molecule has 0 saturated carbocycles. The van der Waals surface area contributed by atoms with E-state index in [4.69, 9.17) is 0 Å². The van der Waals surface area contributed by atoms with Crippen molar-refractivity contribution in [1.82, 2.24) is 19.9 Å². The van der Waals surface area contributed by atoms with Crippen LogP contribution in [0.1, 0.15) is 21.7 Å². The molecule has 2 N–H and O–H groups in total. The maximum absolute atomic E-state index is 12.7. The third-order valence-corrected chi connectivity index (χ3v) is 3.90. The van der Waals surface area contributed by atoms with Crippen molar-refractivity contribution in [3.05, 3.63) is 41.6 Å². The molecule has 0 radical (unpaired) electrons. The molecule has 2 aromatic heterocycles. The summed E-state index contributed by atoms with van der Waals surface area (Å²) in [6.45, 7) is 0.195. The van der Waals surface area contributed by atoms with E-state index in [1.54, 1.807) is 12.1 Å². The molecule has 1 amide bonds. The van der Waals surface area contributed by atoms with Crippen molar-refractivity contribution in [2.24, 2.45) is 0 Å². The van der Waals surface area contributed by atoms with Crippen molar-refractivity contribution in [3.63, 3.8) is 0 Å². The van der Waals surface area contributed by atoms with Crippen LogP contribution in [0.3, 0.4) is 0 Å². The van der Waals surface area contributed by atoms with Gasteiger partial charge < -0.3 is 19.9 Å². The molecule has 1 atom stereocenters. The summed E-state index contributed by atoms with van der Waals surface area (Å²) in [6, 6.07) is 2.47. The number of imidazole rings is 1. The Balaban J connectivity index is 1.89. The van der Waals surface area contributed by atoms with E-state index in [0.29, 0.717) is 11.3 Å². The molecule has 3 rings (SSSR count). The highest BCUT2D eigenvalue weighted by molar-refractivity contribution is 5.96. The van der Waals surface area contributed by atoms with Crippen LogP contribution in [0.25, 0.3) is 0 Å². The normalized spacial score (nSPS) is 16.8. The van der Waals surface area contributed by atoms with Crippen molar-refractivity contribution < 1.29 is 14.7 Å². The first-order chi connectivity index (χ1) is 11.0. The fourth-order valence-electron chi connectivity index (χ4n) is 2.61. The van der Waals surface area contributed by atoms with Gasteiger partial charge in [-0.3, -0.25) is 4.79 Å². The quantitative estimate of drug-likeness (QED) is 0.856. The van der Waals surface area contributed by atoms with Crippen LogP contribution in [0.15, 0.2) is 24.7 Å². The Morgan fingerprint density at radius 3 is 2.74 bits per heavy atom. The third kappa shape index (κ3) is 2.75. The van der Waals surface area contributed by atoms with Gasteiger partial charge >= 0.3 is 5.97 Å². The molecule has 3 heterocycles. The number of aliphatic carboxylic acids is 1. The van der Waals surface area contributed by atoms with Gasteiger partial charge in [0.1, 0.15) is 11.9 Å². The number of carbonyl (C=O) groups excluding carboxylic acids is 1. The average molecular weight is 315 g/mol. The highest BCUT2D eigenvalue weighted by atomic mass is 16.4. The first-order valence-electron chi connectivity index (χ1n) is 7.15. The van der Waals surface area contributed by atoms with Crippen molar-refractivity contribution in [3.8, 4) is 0 Å². The molecule has 120 valence electrons. The molecule has 0 spiro atoms. The van der Waals surface area contributed by atoms with E-state index in [1.165, 1.54) is 17.4 Å². The summed E-state index contributed by atoms with van der Waals surface area (Å²) in [5, 5.41) is 9.43. The second-order valence-electron chi connectivity index (χ2n) is 5.62. The van der Waals surface area contributed by atoms with Crippen molar-refractivity contribution in [2.75, 3.05) is 19.0 Å². The zero-order valence-corrected chi connectivity index (χ0v) is 12.9. The van der Waals surface area contributed by atoms with E-state index < -0.39 is 12.0 Å². The zero-order valence-electron chi connectivity index (χ0n) is 12.9. The fraction of sp³-hybridized carbons (Fsp3) is 0.333. The molecule has 1 aliphatic heterocycles. The molecular formula is C15H17N5O3. The molecule has 1 aliphatic rings. The molecule has 2 aromatic rings. The number of H-pyrrole nitrogens is 1. The number of fused-ring (bicyclic) bond motifs is 1. The second-order valence-corrected chi connectivity index (χ2v) is 5.62. The summed E-state index contributed by atoms with van der Waals surface area (Å²) in [7, 11) is 3.71. The van der Waals surface area contributed by atoms with E-state index in [2.05, 4.69) is 15.0 Å². The van der Waals surface area contributed by atoms with Gasteiger partial charge in [0, 0.05) is 26.7 Å². The number of aromatic nitrogens is 3. The smallest absolute Gasteiger partial charge is 0.326 e. The number of nitrogens with zero attached hydrogens (tertiary/aromatic N) is 4. The number of pyridine rings is 1. The van der Waals surface area contributed by atoms with Crippen molar-refractivity contribution >= 4 is 17.7 Å². The summed E-state index contributed by atoms with van der Waals surface area (Å²) >= 11 is 0. The summed E-state index contributed by atoms with van der Waals surface area (Å²) in [5.41, 5.74) is 1.83. The number of carboxylic acid groups (broad SMARTS) is 1. The van der Waals surface area contributed by atoms with Gasteiger partial charge in [-0.05, 0) is 12.1 Å². The molecule has 0 aromatic carbocycles. The topological polar surface area (TPSA) is 102 Å². The summed E-state index contributed by atoms with van der Waals surface area (Å²) < 4.78 is 0. The minimum atomic E-state index is -1.04. The average Bonchev–Trinajstić information content (AvgIpc) is 3.00. The largest absolute Gasteiger partial charge is 0.480 e. The van der Waals surface area contributed by atoms with Crippen LogP contribution in [-0.4, -0.2) is 57.0 Å². The Bertz CT molecular complexity index is 738. The lowest BCUT2D eigenvalue weighted by molar-refractivity contribution is -0.142. The molecule has 8 nitrogen and oxygen atoms in total. The van der Waals surface area contributed by atoms with Crippen LogP contribution >= 0.6 is 0 Å². The predicted octanol–water partition coefficient (Wildman–Crippen LogP) is 0.522. The molecule has 0 aliphatic carbocycles. The number of nitrogens with one attached hydrogen (secondary N) is 1. The number of carboxylic acids is 1. The molecule has 0 fully saturated rings. The van der Waals surface area contributed by atoms with E-state index in [9.17, 15) is 14.7 Å². The van der Waals surface area contributed by atoms with Crippen molar-refractivity contribution in [2.45, 2.75) is 19.0 Å². The van der Waals surface area contributed by atoms with E-state index in [1.807, 2.05) is 19.0 Å². The minimum Gasteiger partial charge on any atom is -0.480 e. The number of rotatable bonds is 3. The Morgan fingerprint density at radius 1 is 1.35 bits per heavy atom. The SMILES string of the molecule is CN(C)c1ccc(C(=O)N2Cc3[nH]cnc3CC2C(=O)O)cn1. The van der Waals surface area contributed by atoms with Crippen LogP contribution < -0.4 is 4.90 Å². The lowest BCUT2D eigenvalue weighted by Gasteiger charge is -2.32. The molecular weight excluding hydrogens is 298 g/mol.